The first kappa shape index (κ1) is 12.2. The minimum atomic E-state index is -1.55. The molecule has 2 unspecified atom stereocenters. The van der Waals surface area contributed by atoms with E-state index in [-0.39, 0.29) is 6.42 Å². The molecule has 98 valence electrons. The zero-order valence-corrected chi connectivity index (χ0v) is 10.7. The molecule has 1 aliphatic rings. The smallest absolute Gasteiger partial charge is 0.312 e. The molecule has 1 aliphatic carbocycles. The standard InChI is InChI=1S/C16H15FO2/c1-2-19-15(18)14-10-16(14,17)13-8-7-11-5-3-4-6-12(11)9-13/h3-9,14H,2,10H2,1H3. The van der Waals surface area contributed by atoms with Gasteiger partial charge in [-0.3, -0.25) is 4.79 Å². The van der Waals surface area contributed by atoms with E-state index in [1.807, 2.05) is 36.4 Å². The van der Waals surface area contributed by atoms with Crippen LogP contribution in [-0.2, 0) is 15.2 Å². The summed E-state index contributed by atoms with van der Waals surface area (Å²) in [5.41, 5.74) is -0.972. The van der Waals surface area contributed by atoms with Crippen LogP contribution in [0.5, 0.6) is 0 Å². The Labute approximate surface area is 111 Å². The molecule has 19 heavy (non-hydrogen) atoms. The number of carbonyl (C=O) groups excluding carboxylic acids is 1. The molecule has 0 N–H and O–H groups in total. The molecule has 0 bridgehead atoms. The lowest BCUT2D eigenvalue weighted by molar-refractivity contribution is -0.145. The molecule has 0 spiro atoms. The average Bonchev–Trinajstić information content (AvgIpc) is 3.12. The van der Waals surface area contributed by atoms with Crippen molar-refractivity contribution in [3.05, 3.63) is 48.0 Å². The number of esters is 1. The Kier molecular flexibility index (Phi) is 2.77. The lowest BCUT2D eigenvalue weighted by Crippen LogP contribution is -2.13. The van der Waals surface area contributed by atoms with E-state index < -0.39 is 17.6 Å². The van der Waals surface area contributed by atoms with Gasteiger partial charge in [-0.05, 0) is 29.3 Å². The van der Waals surface area contributed by atoms with Gasteiger partial charge in [-0.1, -0.05) is 36.4 Å². The number of ether oxygens (including phenoxy) is 1. The Morgan fingerprint density at radius 3 is 2.79 bits per heavy atom. The van der Waals surface area contributed by atoms with Gasteiger partial charge in [0.1, 0.15) is 5.67 Å². The second-order valence-corrected chi connectivity index (χ2v) is 4.93. The van der Waals surface area contributed by atoms with Crippen molar-refractivity contribution in [2.75, 3.05) is 6.61 Å². The summed E-state index contributed by atoms with van der Waals surface area (Å²) in [6.07, 6.45) is 0.226. The number of fused-ring (bicyclic) bond motifs is 1. The molecule has 0 aromatic heterocycles. The van der Waals surface area contributed by atoms with E-state index in [9.17, 15) is 9.18 Å². The maximum Gasteiger partial charge on any atom is 0.312 e. The summed E-state index contributed by atoms with van der Waals surface area (Å²) in [4.78, 5) is 11.6. The van der Waals surface area contributed by atoms with Crippen molar-refractivity contribution < 1.29 is 13.9 Å². The molecule has 0 radical (unpaired) electrons. The summed E-state index contributed by atoms with van der Waals surface area (Å²) in [5, 5.41) is 2.06. The normalized spacial score (nSPS) is 25.3. The summed E-state index contributed by atoms with van der Waals surface area (Å²) in [6.45, 7) is 2.03. The second-order valence-electron chi connectivity index (χ2n) is 4.93. The summed E-state index contributed by atoms with van der Waals surface area (Å²) in [6, 6.07) is 13.3. The van der Waals surface area contributed by atoms with Gasteiger partial charge >= 0.3 is 5.97 Å². The number of hydrogen-bond donors (Lipinski definition) is 0. The van der Waals surface area contributed by atoms with Gasteiger partial charge in [0.25, 0.3) is 0 Å². The largest absolute Gasteiger partial charge is 0.466 e. The van der Waals surface area contributed by atoms with Crippen molar-refractivity contribution in [3.8, 4) is 0 Å². The highest BCUT2D eigenvalue weighted by molar-refractivity contribution is 5.84. The molecule has 2 aromatic carbocycles. The molecule has 3 rings (SSSR count). The van der Waals surface area contributed by atoms with Crippen LogP contribution in [0.25, 0.3) is 10.8 Å². The summed E-state index contributed by atoms with van der Waals surface area (Å²) >= 11 is 0. The van der Waals surface area contributed by atoms with Gasteiger partial charge in [-0.2, -0.15) is 0 Å². The quantitative estimate of drug-likeness (QED) is 0.786. The molecular formula is C16H15FO2. The average molecular weight is 258 g/mol. The van der Waals surface area contributed by atoms with Crippen molar-refractivity contribution in [1.29, 1.82) is 0 Å². The third-order valence-corrected chi connectivity index (χ3v) is 3.69. The minimum absolute atomic E-state index is 0.226. The van der Waals surface area contributed by atoms with E-state index in [0.29, 0.717) is 12.2 Å². The number of benzene rings is 2. The molecule has 2 atom stereocenters. The van der Waals surface area contributed by atoms with Crippen LogP contribution in [0.1, 0.15) is 18.9 Å². The van der Waals surface area contributed by atoms with Gasteiger partial charge < -0.3 is 4.74 Å². The van der Waals surface area contributed by atoms with Crippen molar-refractivity contribution in [1.82, 2.24) is 0 Å². The van der Waals surface area contributed by atoms with E-state index in [1.54, 1.807) is 13.0 Å². The van der Waals surface area contributed by atoms with Crippen LogP contribution >= 0.6 is 0 Å². The molecular weight excluding hydrogens is 243 g/mol. The minimum Gasteiger partial charge on any atom is -0.466 e. The van der Waals surface area contributed by atoms with Crippen LogP contribution in [0.15, 0.2) is 42.5 Å². The van der Waals surface area contributed by atoms with Crippen LogP contribution in [0.3, 0.4) is 0 Å². The Morgan fingerprint density at radius 2 is 2.05 bits per heavy atom. The molecule has 1 saturated carbocycles. The second kappa shape index (κ2) is 4.34. The van der Waals surface area contributed by atoms with Crippen LogP contribution in [0.2, 0.25) is 0 Å². The van der Waals surface area contributed by atoms with Gasteiger partial charge in [0.2, 0.25) is 0 Å². The van der Waals surface area contributed by atoms with Gasteiger partial charge in [-0.25, -0.2) is 4.39 Å². The third kappa shape index (κ3) is 1.99. The van der Waals surface area contributed by atoms with Gasteiger partial charge in [0.15, 0.2) is 0 Å². The topological polar surface area (TPSA) is 26.3 Å². The summed E-state index contributed by atoms with van der Waals surface area (Å²) in [7, 11) is 0. The van der Waals surface area contributed by atoms with Gasteiger partial charge in [0.05, 0.1) is 12.5 Å². The van der Waals surface area contributed by atoms with E-state index in [4.69, 9.17) is 4.74 Å². The molecule has 0 heterocycles. The SMILES string of the molecule is CCOC(=O)C1CC1(F)c1ccc2ccccc2c1. The highest BCUT2D eigenvalue weighted by Gasteiger charge is 2.61. The molecule has 2 aromatic rings. The lowest BCUT2D eigenvalue weighted by Gasteiger charge is -2.09. The summed E-state index contributed by atoms with van der Waals surface area (Å²) < 4.78 is 19.6. The zero-order chi connectivity index (χ0) is 13.5. The first-order valence-corrected chi connectivity index (χ1v) is 6.50. The number of hydrogen-bond acceptors (Lipinski definition) is 2. The lowest BCUT2D eigenvalue weighted by atomic mass is 10.0. The van der Waals surface area contributed by atoms with Crippen molar-refractivity contribution in [3.63, 3.8) is 0 Å². The highest BCUT2D eigenvalue weighted by atomic mass is 19.1. The maximum atomic E-state index is 14.7. The first-order chi connectivity index (χ1) is 9.15. The maximum absolute atomic E-state index is 14.7. The molecule has 2 nitrogen and oxygen atoms in total. The molecule has 0 aliphatic heterocycles. The van der Waals surface area contributed by atoms with E-state index in [2.05, 4.69) is 0 Å². The van der Waals surface area contributed by atoms with Crippen LogP contribution in [-0.4, -0.2) is 12.6 Å². The predicted molar refractivity (Wildman–Crippen MR) is 71.5 cm³/mol. The fourth-order valence-electron chi connectivity index (χ4n) is 2.52. The number of rotatable bonds is 3. The van der Waals surface area contributed by atoms with Crippen molar-refractivity contribution >= 4 is 16.7 Å². The molecule has 3 heteroatoms. The van der Waals surface area contributed by atoms with Crippen LogP contribution < -0.4 is 0 Å². The number of halogens is 1. The van der Waals surface area contributed by atoms with Crippen molar-refractivity contribution in [2.45, 2.75) is 19.0 Å². The monoisotopic (exact) mass is 258 g/mol. The fraction of sp³-hybridized carbons (Fsp3) is 0.312. The van der Waals surface area contributed by atoms with E-state index in [0.717, 1.165) is 10.8 Å². The highest BCUT2D eigenvalue weighted by Crippen LogP contribution is 2.56. The zero-order valence-electron chi connectivity index (χ0n) is 10.7. The molecule has 1 fully saturated rings. The van der Waals surface area contributed by atoms with Gasteiger partial charge in [-0.15, -0.1) is 0 Å². The van der Waals surface area contributed by atoms with Crippen molar-refractivity contribution in [2.24, 2.45) is 5.92 Å². The van der Waals surface area contributed by atoms with Crippen LogP contribution in [0.4, 0.5) is 4.39 Å². The van der Waals surface area contributed by atoms with Crippen LogP contribution in [0, 0.1) is 5.92 Å². The first-order valence-electron chi connectivity index (χ1n) is 6.50. The van der Waals surface area contributed by atoms with E-state index >= 15 is 0 Å². The molecule has 0 amide bonds. The Bertz CT molecular complexity index is 637. The third-order valence-electron chi connectivity index (χ3n) is 3.69. The Balaban J connectivity index is 1.91. The molecule has 0 saturated heterocycles. The fourth-order valence-corrected chi connectivity index (χ4v) is 2.52. The van der Waals surface area contributed by atoms with Gasteiger partial charge in [0, 0.05) is 6.42 Å². The Hall–Kier alpha value is -1.90. The number of carbonyl (C=O) groups is 1. The van der Waals surface area contributed by atoms with E-state index in [1.165, 1.54) is 0 Å². The Morgan fingerprint density at radius 1 is 1.32 bits per heavy atom. The summed E-state index contributed by atoms with van der Waals surface area (Å²) in [5.74, 6) is -1.08. The predicted octanol–water partition coefficient (Wildman–Crippen LogP) is 3.59. The number of alkyl halides is 1.